The Morgan fingerprint density at radius 3 is 2.57 bits per heavy atom. The standard InChI is InChI=1S/C20H18FN3O3S/c1-13-18(12-14-11-15(21)3-8-19(14)22-13)20(25)23-16-4-6-17(7-5-16)24-9-2-10-28(24,26)27/h3-8,11-12H,2,9-10H2,1H3,(H,23,25). The molecule has 0 bridgehead atoms. The summed E-state index contributed by atoms with van der Waals surface area (Å²) in [6, 6.07) is 12.5. The lowest BCUT2D eigenvalue weighted by Crippen LogP contribution is -2.25. The molecular weight excluding hydrogens is 381 g/mol. The highest BCUT2D eigenvalue weighted by Crippen LogP contribution is 2.26. The van der Waals surface area contributed by atoms with Gasteiger partial charge >= 0.3 is 0 Å². The third kappa shape index (κ3) is 3.43. The fraction of sp³-hybridized carbons (Fsp3) is 0.200. The Labute approximate surface area is 162 Å². The number of amides is 1. The van der Waals surface area contributed by atoms with Crippen LogP contribution in [0.4, 0.5) is 15.8 Å². The van der Waals surface area contributed by atoms with Gasteiger partial charge in [0.1, 0.15) is 5.82 Å². The van der Waals surface area contributed by atoms with E-state index in [1.54, 1.807) is 43.3 Å². The normalized spacial score (nSPS) is 15.7. The van der Waals surface area contributed by atoms with Crippen LogP contribution in [0.15, 0.2) is 48.5 Å². The summed E-state index contributed by atoms with van der Waals surface area (Å²) in [5.74, 6) is -0.602. The fourth-order valence-corrected chi connectivity index (χ4v) is 4.88. The van der Waals surface area contributed by atoms with Crippen molar-refractivity contribution in [3.63, 3.8) is 0 Å². The molecule has 1 amide bonds. The van der Waals surface area contributed by atoms with E-state index >= 15 is 0 Å². The van der Waals surface area contributed by atoms with Crippen LogP contribution in [0.3, 0.4) is 0 Å². The van der Waals surface area contributed by atoms with E-state index in [1.165, 1.54) is 16.4 Å². The van der Waals surface area contributed by atoms with Gasteiger partial charge in [-0.15, -0.1) is 0 Å². The molecular formula is C20H18FN3O3S. The maximum atomic E-state index is 13.5. The second-order valence-corrected chi connectivity index (χ2v) is 8.71. The molecule has 4 rings (SSSR count). The Morgan fingerprint density at radius 1 is 1.14 bits per heavy atom. The molecule has 1 aromatic heterocycles. The zero-order valence-corrected chi connectivity index (χ0v) is 16.0. The average molecular weight is 399 g/mol. The van der Waals surface area contributed by atoms with Crippen molar-refractivity contribution < 1.29 is 17.6 Å². The van der Waals surface area contributed by atoms with E-state index in [2.05, 4.69) is 10.3 Å². The molecule has 8 heteroatoms. The molecule has 1 aliphatic rings. The van der Waals surface area contributed by atoms with Crippen LogP contribution in [0.1, 0.15) is 22.5 Å². The van der Waals surface area contributed by atoms with E-state index in [0.717, 1.165) is 0 Å². The Bertz CT molecular complexity index is 1180. The van der Waals surface area contributed by atoms with Crippen molar-refractivity contribution >= 4 is 38.2 Å². The van der Waals surface area contributed by atoms with Gasteiger partial charge in [-0.05, 0) is 61.9 Å². The molecule has 1 N–H and O–H groups in total. The quantitative estimate of drug-likeness (QED) is 0.731. The van der Waals surface area contributed by atoms with Crippen LogP contribution in [-0.2, 0) is 10.0 Å². The van der Waals surface area contributed by atoms with Crippen molar-refractivity contribution in [2.75, 3.05) is 21.9 Å². The molecule has 3 aromatic rings. The molecule has 0 unspecified atom stereocenters. The number of nitrogens with one attached hydrogen (secondary N) is 1. The van der Waals surface area contributed by atoms with E-state index in [0.29, 0.717) is 46.5 Å². The molecule has 0 spiro atoms. The summed E-state index contributed by atoms with van der Waals surface area (Å²) in [4.78, 5) is 17.0. The summed E-state index contributed by atoms with van der Waals surface area (Å²) < 4.78 is 38.8. The van der Waals surface area contributed by atoms with Crippen molar-refractivity contribution in [3.8, 4) is 0 Å². The van der Waals surface area contributed by atoms with Gasteiger partial charge in [-0.3, -0.25) is 14.1 Å². The summed E-state index contributed by atoms with van der Waals surface area (Å²) >= 11 is 0. The van der Waals surface area contributed by atoms with Gasteiger partial charge in [0.05, 0.1) is 28.2 Å². The van der Waals surface area contributed by atoms with Gasteiger partial charge < -0.3 is 5.32 Å². The van der Waals surface area contributed by atoms with Gasteiger partial charge in [0.15, 0.2) is 0 Å². The first-order chi connectivity index (χ1) is 13.3. The van der Waals surface area contributed by atoms with Crippen molar-refractivity contribution in [2.45, 2.75) is 13.3 Å². The van der Waals surface area contributed by atoms with Gasteiger partial charge in [-0.2, -0.15) is 0 Å². The van der Waals surface area contributed by atoms with Gasteiger partial charge in [-0.1, -0.05) is 0 Å². The number of anilines is 2. The van der Waals surface area contributed by atoms with Crippen LogP contribution in [0.25, 0.3) is 10.9 Å². The minimum atomic E-state index is -3.24. The number of benzene rings is 2. The second-order valence-electron chi connectivity index (χ2n) is 6.70. The van der Waals surface area contributed by atoms with Crippen molar-refractivity contribution in [2.24, 2.45) is 0 Å². The molecule has 0 aliphatic carbocycles. The number of aryl methyl sites for hydroxylation is 1. The Hall–Kier alpha value is -3.00. The molecule has 1 aliphatic heterocycles. The van der Waals surface area contributed by atoms with E-state index in [4.69, 9.17) is 0 Å². The number of hydrogen-bond acceptors (Lipinski definition) is 4. The van der Waals surface area contributed by atoms with Crippen molar-refractivity contribution in [3.05, 3.63) is 65.6 Å². The van der Waals surface area contributed by atoms with E-state index in [9.17, 15) is 17.6 Å². The predicted molar refractivity (Wildman–Crippen MR) is 107 cm³/mol. The van der Waals surface area contributed by atoms with E-state index < -0.39 is 15.8 Å². The van der Waals surface area contributed by atoms with Gasteiger partial charge in [0.2, 0.25) is 10.0 Å². The maximum absolute atomic E-state index is 13.5. The highest BCUT2D eigenvalue weighted by molar-refractivity contribution is 7.93. The van der Waals surface area contributed by atoms with Crippen molar-refractivity contribution in [1.82, 2.24) is 4.98 Å². The van der Waals surface area contributed by atoms with Crippen LogP contribution in [0, 0.1) is 12.7 Å². The number of aromatic nitrogens is 1. The highest BCUT2D eigenvalue weighted by Gasteiger charge is 2.28. The summed E-state index contributed by atoms with van der Waals surface area (Å²) in [6.07, 6.45) is 0.607. The number of carbonyl (C=O) groups is 1. The predicted octanol–water partition coefficient (Wildman–Crippen LogP) is 3.47. The van der Waals surface area contributed by atoms with Crippen LogP contribution < -0.4 is 9.62 Å². The zero-order chi connectivity index (χ0) is 19.9. The van der Waals surface area contributed by atoms with Crippen LogP contribution in [-0.4, -0.2) is 31.6 Å². The smallest absolute Gasteiger partial charge is 0.257 e. The number of pyridine rings is 1. The molecule has 6 nitrogen and oxygen atoms in total. The molecule has 2 aromatic carbocycles. The number of hydrogen-bond donors (Lipinski definition) is 1. The molecule has 1 fully saturated rings. The molecule has 0 radical (unpaired) electrons. The minimum absolute atomic E-state index is 0.153. The Kier molecular flexibility index (Phi) is 4.50. The Morgan fingerprint density at radius 2 is 1.89 bits per heavy atom. The Balaban J connectivity index is 1.57. The molecule has 2 heterocycles. The summed E-state index contributed by atoms with van der Waals surface area (Å²) in [5.41, 5.74) is 2.62. The topological polar surface area (TPSA) is 79.4 Å². The average Bonchev–Trinajstić information content (AvgIpc) is 3.01. The summed E-state index contributed by atoms with van der Waals surface area (Å²) in [7, 11) is -3.24. The van der Waals surface area contributed by atoms with Crippen LogP contribution in [0.5, 0.6) is 0 Å². The summed E-state index contributed by atoms with van der Waals surface area (Å²) in [5, 5.41) is 3.32. The lowest BCUT2D eigenvalue weighted by molar-refractivity contribution is 0.102. The SMILES string of the molecule is Cc1nc2ccc(F)cc2cc1C(=O)Nc1ccc(N2CCCS2(=O)=O)cc1. The fourth-order valence-electron chi connectivity index (χ4n) is 3.31. The molecule has 0 atom stereocenters. The molecule has 144 valence electrons. The number of nitrogens with zero attached hydrogens (tertiary/aromatic N) is 2. The largest absolute Gasteiger partial charge is 0.322 e. The minimum Gasteiger partial charge on any atom is -0.322 e. The number of sulfonamides is 1. The zero-order valence-electron chi connectivity index (χ0n) is 15.1. The lowest BCUT2D eigenvalue weighted by Gasteiger charge is -2.17. The van der Waals surface area contributed by atoms with Crippen molar-refractivity contribution in [1.29, 1.82) is 0 Å². The third-order valence-corrected chi connectivity index (χ3v) is 6.59. The highest BCUT2D eigenvalue weighted by atomic mass is 32.2. The number of rotatable bonds is 3. The van der Waals surface area contributed by atoms with Crippen LogP contribution >= 0.6 is 0 Å². The van der Waals surface area contributed by atoms with Crippen LogP contribution in [0.2, 0.25) is 0 Å². The first-order valence-corrected chi connectivity index (χ1v) is 10.4. The van der Waals surface area contributed by atoms with E-state index in [1.807, 2.05) is 0 Å². The lowest BCUT2D eigenvalue weighted by atomic mass is 10.1. The molecule has 1 saturated heterocycles. The molecule has 28 heavy (non-hydrogen) atoms. The van der Waals surface area contributed by atoms with Gasteiger partial charge in [0, 0.05) is 17.6 Å². The van der Waals surface area contributed by atoms with Gasteiger partial charge in [-0.25, -0.2) is 12.8 Å². The third-order valence-electron chi connectivity index (χ3n) is 4.72. The maximum Gasteiger partial charge on any atom is 0.257 e. The first-order valence-electron chi connectivity index (χ1n) is 8.82. The number of halogens is 1. The second kappa shape index (κ2) is 6.87. The number of fused-ring (bicyclic) bond motifs is 1. The monoisotopic (exact) mass is 399 g/mol. The summed E-state index contributed by atoms with van der Waals surface area (Å²) in [6.45, 7) is 2.19. The first kappa shape index (κ1) is 18.4. The van der Waals surface area contributed by atoms with E-state index in [-0.39, 0.29) is 11.7 Å². The van der Waals surface area contributed by atoms with Gasteiger partial charge in [0.25, 0.3) is 5.91 Å². The number of carbonyl (C=O) groups excluding carboxylic acids is 1. The molecule has 0 saturated carbocycles.